The van der Waals surface area contributed by atoms with Crippen LogP contribution in [0.25, 0.3) is 0 Å². The number of hydrogen-bond acceptors (Lipinski definition) is 3. The topological polar surface area (TPSA) is 50.4 Å². The molecule has 5 heteroatoms. The van der Waals surface area contributed by atoms with Gasteiger partial charge in [-0.2, -0.15) is 0 Å². The summed E-state index contributed by atoms with van der Waals surface area (Å²) >= 11 is 0. The van der Waals surface area contributed by atoms with Gasteiger partial charge in [-0.3, -0.25) is 4.79 Å². The van der Waals surface area contributed by atoms with Crippen molar-refractivity contribution >= 4 is 11.6 Å². The number of methoxy groups -OCH3 is 1. The quantitative estimate of drug-likeness (QED) is 0.872. The van der Waals surface area contributed by atoms with Crippen molar-refractivity contribution in [2.45, 2.75) is 13.3 Å². The van der Waals surface area contributed by atoms with E-state index in [2.05, 4.69) is 10.6 Å². The Bertz CT molecular complexity index is 471. The van der Waals surface area contributed by atoms with Gasteiger partial charge >= 0.3 is 0 Å². The molecule has 1 aromatic rings. The molecule has 19 heavy (non-hydrogen) atoms. The van der Waals surface area contributed by atoms with Gasteiger partial charge in [0.1, 0.15) is 5.82 Å². The van der Waals surface area contributed by atoms with E-state index in [1.165, 1.54) is 6.07 Å². The molecule has 1 unspecified atom stereocenters. The Hall–Kier alpha value is -1.46. The highest BCUT2D eigenvalue weighted by Gasteiger charge is 2.41. The third-order valence-corrected chi connectivity index (χ3v) is 3.58. The number of halogens is 1. The van der Waals surface area contributed by atoms with E-state index in [-0.39, 0.29) is 11.7 Å². The summed E-state index contributed by atoms with van der Waals surface area (Å²) in [7, 11) is 1.58. The average molecular weight is 266 g/mol. The smallest absolute Gasteiger partial charge is 0.234 e. The molecule has 104 valence electrons. The molecule has 0 aliphatic carbocycles. The summed E-state index contributed by atoms with van der Waals surface area (Å²) in [5.41, 5.74) is 0.485. The molecule has 1 aromatic carbocycles. The summed E-state index contributed by atoms with van der Waals surface area (Å²) in [6.07, 6.45) is 0.723. The van der Waals surface area contributed by atoms with Crippen LogP contribution in [0.1, 0.15) is 12.0 Å². The summed E-state index contributed by atoms with van der Waals surface area (Å²) in [6, 6.07) is 4.70. The number of aryl methyl sites for hydroxylation is 1. The van der Waals surface area contributed by atoms with Crippen LogP contribution in [0.3, 0.4) is 0 Å². The minimum absolute atomic E-state index is 0.123. The van der Waals surface area contributed by atoms with Crippen LogP contribution in [0, 0.1) is 18.2 Å². The first-order chi connectivity index (χ1) is 9.07. The van der Waals surface area contributed by atoms with Crippen molar-refractivity contribution < 1.29 is 13.9 Å². The molecule has 1 heterocycles. The van der Waals surface area contributed by atoms with Crippen LogP contribution in [-0.2, 0) is 9.53 Å². The zero-order valence-electron chi connectivity index (χ0n) is 11.3. The number of carbonyl (C=O) groups excluding carboxylic acids is 1. The first kappa shape index (κ1) is 14.0. The molecule has 1 fully saturated rings. The number of nitrogens with one attached hydrogen (secondary N) is 2. The van der Waals surface area contributed by atoms with Crippen LogP contribution in [-0.4, -0.2) is 32.7 Å². The molecular formula is C14H19FN2O2. The Morgan fingerprint density at radius 2 is 2.37 bits per heavy atom. The normalized spacial score (nSPS) is 22.5. The van der Waals surface area contributed by atoms with Gasteiger partial charge in [-0.05, 0) is 37.6 Å². The molecule has 0 bridgehead atoms. The minimum Gasteiger partial charge on any atom is -0.384 e. The molecule has 4 nitrogen and oxygen atoms in total. The Balaban J connectivity index is 2.12. The lowest BCUT2D eigenvalue weighted by Gasteiger charge is -2.26. The SMILES string of the molecule is COCC1(C(=O)Nc2ccc(C)c(F)c2)CCNC1. The van der Waals surface area contributed by atoms with Crippen molar-refractivity contribution in [1.82, 2.24) is 5.32 Å². The number of hydrogen-bond donors (Lipinski definition) is 2. The molecule has 0 aromatic heterocycles. The van der Waals surface area contributed by atoms with E-state index in [9.17, 15) is 9.18 Å². The van der Waals surface area contributed by atoms with Crippen molar-refractivity contribution in [3.63, 3.8) is 0 Å². The fourth-order valence-electron chi connectivity index (χ4n) is 2.34. The first-order valence-corrected chi connectivity index (χ1v) is 6.35. The van der Waals surface area contributed by atoms with Gasteiger partial charge in [0.2, 0.25) is 5.91 Å². The van der Waals surface area contributed by atoms with E-state index >= 15 is 0 Å². The van der Waals surface area contributed by atoms with E-state index < -0.39 is 5.41 Å². The summed E-state index contributed by atoms with van der Waals surface area (Å²) in [5.74, 6) is -0.439. The molecule has 0 spiro atoms. The van der Waals surface area contributed by atoms with Gasteiger partial charge in [0.15, 0.2) is 0 Å². The zero-order chi connectivity index (χ0) is 13.9. The molecule has 0 saturated carbocycles. The minimum atomic E-state index is -0.559. The lowest BCUT2D eigenvalue weighted by molar-refractivity contribution is -0.127. The maximum Gasteiger partial charge on any atom is 0.234 e. The summed E-state index contributed by atoms with van der Waals surface area (Å²) in [5, 5.41) is 5.95. The monoisotopic (exact) mass is 266 g/mol. The van der Waals surface area contributed by atoms with Crippen LogP contribution in [0.5, 0.6) is 0 Å². The van der Waals surface area contributed by atoms with E-state index in [1.54, 1.807) is 26.2 Å². The van der Waals surface area contributed by atoms with Gasteiger partial charge in [-0.15, -0.1) is 0 Å². The predicted octanol–water partition coefficient (Wildman–Crippen LogP) is 1.70. The molecular weight excluding hydrogens is 247 g/mol. The lowest BCUT2D eigenvalue weighted by atomic mass is 9.87. The number of benzene rings is 1. The second kappa shape index (κ2) is 5.67. The van der Waals surface area contributed by atoms with Crippen molar-refractivity contribution in [1.29, 1.82) is 0 Å². The van der Waals surface area contributed by atoms with Gasteiger partial charge in [0, 0.05) is 19.3 Å². The summed E-state index contributed by atoms with van der Waals surface area (Å²) in [4.78, 5) is 12.4. The lowest BCUT2D eigenvalue weighted by Crippen LogP contribution is -2.41. The molecule has 1 atom stereocenters. The van der Waals surface area contributed by atoms with Crippen LogP contribution >= 0.6 is 0 Å². The summed E-state index contributed by atoms with van der Waals surface area (Å²) < 4.78 is 18.6. The van der Waals surface area contributed by atoms with E-state index in [0.29, 0.717) is 24.4 Å². The molecule has 1 amide bonds. The third-order valence-electron chi connectivity index (χ3n) is 3.58. The molecule has 1 aliphatic rings. The van der Waals surface area contributed by atoms with Crippen molar-refractivity contribution in [3.05, 3.63) is 29.6 Å². The van der Waals surface area contributed by atoms with Gasteiger partial charge in [-0.1, -0.05) is 6.07 Å². The van der Waals surface area contributed by atoms with Crippen molar-refractivity contribution in [3.8, 4) is 0 Å². The fourth-order valence-corrected chi connectivity index (χ4v) is 2.34. The van der Waals surface area contributed by atoms with Crippen molar-refractivity contribution in [2.75, 3.05) is 32.1 Å². The second-order valence-corrected chi connectivity index (χ2v) is 5.06. The molecule has 1 aliphatic heterocycles. The van der Waals surface area contributed by atoms with Gasteiger partial charge in [-0.25, -0.2) is 4.39 Å². The standard InChI is InChI=1S/C14H19FN2O2/c1-10-3-4-11(7-12(10)15)17-13(18)14(9-19-2)5-6-16-8-14/h3-4,7,16H,5-6,8-9H2,1-2H3,(H,17,18). The molecule has 2 rings (SSSR count). The second-order valence-electron chi connectivity index (χ2n) is 5.06. The number of carbonyl (C=O) groups is 1. The number of ether oxygens (including phenoxy) is 1. The van der Waals surface area contributed by atoms with E-state index in [1.807, 2.05) is 0 Å². The maximum atomic E-state index is 13.5. The van der Waals surface area contributed by atoms with Crippen LogP contribution in [0.15, 0.2) is 18.2 Å². The zero-order valence-corrected chi connectivity index (χ0v) is 11.3. The number of rotatable bonds is 4. The van der Waals surface area contributed by atoms with E-state index in [4.69, 9.17) is 4.74 Å². The van der Waals surface area contributed by atoms with Crippen LogP contribution in [0.2, 0.25) is 0 Å². The molecule has 2 N–H and O–H groups in total. The fraction of sp³-hybridized carbons (Fsp3) is 0.500. The molecule has 0 radical (unpaired) electrons. The number of anilines is 1. The Labute approximate surface area is 112 Å². The van der Waals surface area contributed by atoms with Crippen molar-refractivity contribution in [2.24, 2.45) is 5.41 Å². The largest absolute Gasteiger partial charge is 0.384 e. The van der Waals surface area contributed by atoms with Gasteiger partial charge in [0.25, 0.3) is 0 Å². The predicted molar refractivity (Wildman–Crippen MR) is 71.6 cm³/mol. The maximum absolute atomic E-state index is 13.5. The highest BCUT2D eigenvalue weighted by atomic mass is 19.1. The Morgan fingerprint density at radius 1 is 1.58 bits per heavy atom. The molecule has 1 saturated heterocycles. The third kappa shape index (κ3) is 2.93. The van der Waals surface area contributed by atoms with Crippen LogP contribution in [0.4, 0.5) is 10.1 Å². The van der Waals surface area contributed by atoms with Gasteiger partial charge in [0.05, 0.1) is 12.0 Å². The summed E-state index contributed by atoms with van der Waals surface area (Å²) in [6.45, 7) is 3.43. The highest BCUT2D eigenvalue weighted by Crippen LogP contribution is 2.28. The Kier molecular flexibility index (Phi) is 4.17. The van der Waals surface area contributed by atoms with Gasteiger partial charge < -0.3 is 15.4 Å². The number of amides is 1. The average Bonchev–Trinajstić information content (AvgIpc) is 2.84. The van der Waals surface area contributed by atoms with E-state index in [0.717, 1.165) is 13.0 Å². The Morgan fingerprint density at radius 3 is 2.95 bits per heavy atom. The highest BCUT2D eigenvalue weighted by molar-refractivity contribution is 5.96. The van der Waals surface area contributed by atoms with Crippen LogP contribution < -0.4 is 10.6 Å². The first-order valence-electron chi connectivity index (χ1n) is 6.35.